The molecule has 0 saturated carbocycles. The van der Waals surface area contributed by atoms with Crippen LogP contribution in [0.15, 0.2) is 103 Å². The second kappa shape index (κ2) is 12.0. The summed E-state index contributed by atoms with van der Waals surface area (Å²) in [6.07, 6.45) is 0. The Hall–Kier alpha value is -3.16. The third kappa shape index (κ3) is 6.93. The molecule has 0 aliphatic heterocycles. The van der Waals surface area contributed by atoms with Crippen molar-refractivity contribution in [1.29, 1.82) is 0 Å². The number of methoxy groups -OCH3 is 3. The average molecular weight is 531 g/mol. The molecule has 0 amide bonds. The van der Waals surface area contributed by atoms with Crippen molar-refractivity contribution in [3.8, 4) is 17.2 Å². The van der Waals surface area contributed by atoms with Crippen LogP contribution in [0.3, 0.4) is 0 Å². The van der Waals surface area contributed by atoms with Crippen molar-refractivity contribution in [2.75, 3.05) is 21.3 Å². The van der Waals surface area contributed by atoms with E-state index in [9.17, 15) is 0 Å². The summed E-state index contributed by atoms with van der Waals surface area (Å²) in [6.45, 7) is 0. The first kappa shape index (κ1) is 24.9. The maximum absolute atomic E-state index is 5.42. The fourth-order valence-corrected chi connectivity index (χ4v) is 15.8. The summed E-state index contributed by atoms with van der Waals surface area (Å²) in [7, 11) is 5.17. The van der Waals surface area contributed by atoms with Crippen LogP contribution in [0.4, 0.5) is 0 Å². The standard InChI is InChI=1S/C31H35AsO3/c1-33-29-15-9-26(10-16-29)22-32(21-25-7-5-4-6-8-25,23-27-11-17-30(34-2)18-12-27)24-28-13-19-31(35-3)20-14-28/h4-20,32H,21-24H2,1-3H3. The monoisotopic (exact) mass is 530 g/mol. The first-order chi connectivity index (χ1) is 17.1. The second-order valence-electron chi connectivity index (χ2n) is 9.24. The van der Waals surface area contributed by atoms with Crippen molar-refractivity contribution in [2.45, 2.75) is 20.8 Å². The van der Waals surface area contributed by atoms with E-state index in [4.69, 9.17) is 14.2 Å². The summed E-state index contributed by atoms with van der Waals surface area (Å²) in [5, 5.41) is 4.57. The van der Waals surface area contributed by atoms with Crippen molar-refractivity contribution in [2.24, 2.45) is 0 Å². The van der Waals surface area contributed by atoms with Gasteiger partial charge in [0.15, 0.2) is 0 Å². The Balaban J connectivity index is 1.75. The fraction of sp³-hybridized carbons (Fsp3) is 0.226. The fourth-order valence-electron chi connectivity index (χ4n) is 4.93. The molecule has 4 aromatic carbocycles. The van der Waals surface area contributed by atoms with Gasteiger partial charge in [-0.2, -0.15) is 0 Å². The van der Waals surface area contributed by atoms with E-state index in [1.807, 2.05) is 0 Å². The van der Waals surface area contributed by atoms with E-state index >= 15 is 0 Å². The van der Waals surface area contributed by atoms with Crippen molar-refractivity contribution < 1.29 is 14.2 Å². The van der Waals surface area contributed by atoms with Crippen molar-refractivity contribution in [3.05, 3.63) is 125 Å². The molecule has 0 N–H and O–H groups in total. The summed E-state index contributed by atoms with van der Waals surface area (Å²) in [5.74, 6) is 2.71. The molecule has 4 rings (SSSR count). The summed E-state index contributed by atoms with van der Waals surface area (Å²) in [4.78, 5) is 0. The van der Waals surface area contributed by atoms with Crippen LogP contribution in [-0.2, 0) is 20.8 Å². The Morgan fingerprint density at radius 3 is 0.971 bits per heavy atom. The summed E-state index contributed by atoms with van der Waals surface area (Å²) in [5.41, 5.74) is 5.61. The van der Waals surface area contributed by atoms with Crippen molar-refractivity contribution >= 4 is 13.6 Å². The van der Waals surface area contributed by atoms with Crippen LogP contribution in [0.1, 0.15) is 22.3 Å². The normalized spacial score (nSPS) is 11.6. The van der Waals surface area contributed by atoms with E-state index < -0.39 is 13.6 Å². The van der Waals surface area contributed by atoms with Gasteiger partial charge in [0.25, 0.3) is 0 Å². The number of rotatable bonds is 11. The Kier molecular flexibility index (Phi) is 8.55. The van der Waals surface area contributed by atoms with E-state index in [1.54, 1.807) is 21.3 Å². The van der Waals surface area contributed by atoms with Crippen LogP contribution >= 0.6 is 0 Å². The number of benzene rings is 4. The number of ether oxygens (including phenoxy) is 3. The van der Waals surface area contributed by atoms with Crippen LogP contribution < -0.4 is 14.2 Å². The minimum absolute atomic E-state index is 0.903. The zero-order valence-corrected chi connectivity index (χ0v) is 23.0. The topological polar surface area (TPSA) is 27.7 Å². The summed E-state index contributed by atoms with van der Waals surface area (Å²) in [6, 6.07) is 37.0. The SMILES string of the molecule is COc1ccc(C[AsH](Cc2ccccc2)(Cc2ccc(OC)cc2)Cc2ccc(OC)cc2)cc1. The maximum atomic E-state index is 5.42. The van der Waals surface area contributed by atoms with Gasteiger partial charge in [0, 0.05) is 0 Å². The number of hydrogen-bond donors (Lipinski definition) is 0. The zero-order chi connectivity index (χ0) is 24.5. The molecule has 0 spiro atoms. The molecule has 0 aliphatic carbocycles. The van der Waals surface area contributed by atoms with E-state index in [0.717, 1.165) is 38.1 Å². The molecule has 0 saturated heterocycles. The molecule has 35 heavy (non-hydrogen) atoms. The minimum atomic E-state index is -2.64. The predicted molar refractivity (Wildman–Crippen MR) is 147 cm³/mol. The van der Waals surface area contributed by atoms with E-state index in [0.29, 0.717) is 0 Å². The van der Waals surface area contributed by atoms with Crippen LogP contribution in [-0.4, -0.2) is 34.9 Å². The van der Waals surface area contributed by atoms with Gasteiger partial charge in [0.2, 0.25) is 0 Å². The Morgan fingerprint density at radius 1 is 0.400 bits per heavy atom. The van der Waals surface area contributed by atoms with Crippen LogP contribution in [0.5, 0.6) is 17.2 Å². The van der Waals surface area contributed by atoms with E-state index in [1.165, 1.54) is 22.3 Å². The third-order valence-corrected chi connectivity index (χ3v) is 16.4. The van der Waals surface area contributed by atoms with Crippen LogP contribution in [0.25, 0.3) is 0 Å². The van der Waals surface area contributed by atoms with Crippen molar-refractivity contribution in [1.82, 2.24) is 0 Å². The molecule has 4 aromatic rings. The molecule has 0 radical (unpaired) electrons. The van der Waals surface area contributed by atoms with Crippen molar-refractivity contribution in [3.63, 3.8) is 0 Å². The van der Waals surface area contributed by atoms with Gasteiger partial charge in [0.05, 0.1) is 0 Å². The zero-order valence-electron chi connectivity index (χ0n) is 20.9. The molecule has 3 nitrogen and oxygen atoms in total. The first-order valence-corrected chi connectivity index (χ1v) is 18.0. The molecule has 0 aromatic heterocycles. The third-order valence-electron chi connectivity index (χ3n) is 6.64. The molecule has 0 heterocycles. The first-order valence-electron chi connectivity index (χ1n) is 12.0. The molecule has 182 valence electrons. The summed E-state index contributed by atoms with van der Waals surface area (Å²) < 4.78 is 16.3. The molecular formula is C31H35AsO3. The van der Waals surface area contributed by atoms with Gasteiger partial charge in [-0.15, -0.1) is 0 Å². The molecule has 0 aliphatic rings. The molecule has 0 bridgehead atoms. The molecular weight excluding hydrogens is 495 g/mol. The van der Waals surface area contributed by atoms with E-state index in [2.05, 4.69) is 103 Å². The quantitative estimate of drug-likeness (QED) is 0.213. The molecule has 0 fully saturated rings. The average Bonchev–Trinajstić information content (AvgIpc) is 2.90. The van der Waals surface area contributed by atoms with Crippen LogP contribution in [0, 0.1) is 0 Å². The van der Waals surface area contributed by atoms with E-state index in [-0.39, 0.29) is 0 Å². The van der Waals surface area contributed by atoms with Gasteiger partial charge in [0.1, 0.15) is 0 Å². The van der Waals surface area contributed by atoms with Gasteiger partial charge in [-0.3, -0.25) is 0 Å². The predicted octanol–water partition coefficient (Wildman–Crippen LogP) is 6.32. The Morgan fingerprint density at radius 2 is 0.686 bits per heavy atom. The Bertz CT molecular complexity index is 1050. The molecule has 4 heteroatoms. The summed E-state index contributed by atoms with van der Waals surface area (Å²) >= 11 is -2.64. The molecule has 0 unspecified atom stereocenters. The molecule has 0 atom stereocenters. The van der Waals surface area contributed by atoms with Crippen LogP contribution in [0.2, 0.25) is 0 Å². The number of hydrogen-bond acceptors (Lipinski definition) is 3. The Labute approximate surface area is 212 Å². The van der Waals surface area contributed by atoms with Gasteiger partial charge in [-0.1, -0.05) is 0 Å². The van der Waals surface area contributed by atoms with Gasteiger partial charge >= 0.3 is 213 Å². The second-order valence-corrected chi connectivity index (χ2v) is 18.5. The van der Waals surface area contributed by atoms with Gasteiger partial charge in [-0.05, 0) is 0 Å². The van der Waals surface area contributed by atoms with Gasteiger partial charge < -0.3 is 0 Å². The van der Waals surface area contributed by atoms with Gasteiger partial charge in [-0.25, -0.2) is 0 Å².